The number of ether oxygens (including phenoxy) is 1. The third-order valence-corrected chi connectivity index (χ3v) is 3.80. The Bertz CT molecular complexity index is 503. The average molecular weight is 351 g/mol. The number of amides is 1. The minimum atomic E-state index is -0.284. The lowest BCUT2D eigenvalue weighted by Crippen LogP contribution is -2.15. The highest BCUT2D eigenvalue weighted by Gasteiger charge is 2.11. The molecule has 0 fully saturated rings. The topological polar surface area (TPSA) is 81.4 Å². The SMILES string of the molecule is CCOC(=O)CSCCC(=O)Nc1c(N)cc(Cl)cc1Cl. The van der Waals surface area contributed by atoms with Crippen LogP contribution in [-0.4, -0.2) is 30.0 Å². The number of nitrogens with two attached hydrogens (primary N) is 1. The monoisotopic (exact) mass is 350 g/mol. The Kier molecular flexibility index (Phi) is 7.71. The van der Waals surface area contributed by atoms with E-state index in [2.05, 4.69) is 5.32 Å². The lowest BCUT2D eigenvalue weighted by Gasteiger charge is -2.10. The Morgan fingerprint density at radius 3 is 2.71 bits per heavy atom. The normalized spacial score (nSPS) is 10.2. The summed E-state index contributed by atoms with van der Waals surface area (Å²) >= 11 is 13.1. The van der Waals surface area contributed by atoms with E-state index in [1.165, 1.54) is 23.9 Å². The van der Waals surface area contributed by atoms with Gasteiger partial charge in [-0.3, -0.25) is 9.59 Å². The predicted octanol–water partition coefficient (Wildman–Crippen LogP) is 3.20. The van der Waals surface area contributed by atoms with E-state index < -0.39 is 0 Å². The van der Waals surface area contributed by atoms with Gasteiger partial charge in [0, 0.05) is 17.2 Å². The summed E-state index contributed by atoms with van der Waals surface area (Å²) < 4.78 is 4.78. The minimum Gasteiger partial charge on any atom is -0.465 e. The molecule has 1 amide bonds. The molecule has 3 N–H and O–H groups in total. The first-order valence-corrected chi connectivity index (χ1v) is 8.12. The molecule has 8 heteroatoms. The smallest absolute Gasteiger partial charge is 0.315 e. The number of hydrogen-bond acceptors (Lipinski definition) is 5. The van der Waals surface area contributed by atoms with Gasteiger partial charge in [-0.15, -0.1) is 11.8 Å². The van der Waals surface area contributed by atoms with E-state index in [4.69, 9.17) is 33.7 Å². The Labute approximate surface area is 137 Å². The van der Waals surface area contributed by atoms with Crippen LogP contribution in [0.2, 0.25) is 10.0 Å². The number of nitrogens with one attached hydrogen (secondary N) is 1. The number of carbonyl (C=O) groups is 2. The van der Waals surface area contributed by atoms with Crippen molar-refractivity contribution in [1.82, 2.24) is 0 Å². The quantitative estimate of drug-likeness (QED) is 0.448. The molecular weight excluding hydrogens is 335 g/mol. The molecule has 0 aliphatic rings. The van der Waals surface area contributed by atoms with Crippen molar-refractivity contribution < 1.29 is 14.3 Å². The summed E-state index contributed by atoms with van der Waals surface area (Å²) in [6.45, 7) is 2.10. The molecule has 5 nitrogen and oxygen atoms in total. The molecule has 1 aromatic rings. The summed E-state index contributed by atoms with van der Waals surface area (Å²) in [7, 11) is 0. The highest BCUT2D eigenvalue weighted by atomic mass is 35.5. The van der Waals surface area contributed by atoms with Crippen LogP contribution in [0.5, 0.6) is 0 Å². The van der Waals surface area contributed by atoms with Gasteiger partial charge >= 0.3 is 5.97 Å². The summed E-state index contributed by atoms with van der Waals surface area (Å²) in [6, 6.07) is 3.02. The van der Waals surface area contributed by atoms with Crippen molar-refractivity contribution in [3.63, 3.8) is 0 Å². The first kappa shape index (κ1) is 17.9. The molecule has 0 heterocycles. The molecular formula is C13H16Cl2N2O3S. The van der Waals surface area contributed by atoms with Gasteiger partial charge in [-0.25, -0.2) is 0 Å². The van der Waals surface area contributed by atoms with Crippen LogP contribution in [0.15, 0.2) is 12.1 Å². The van der Waals surface area contributed by atoms with Gasteiger partial charge in [0.2, 0.25) is 5.91 Å². The Morgan fingerprint density at radius 1 is 1.38 bits per heavy atom. The van der Waals surface area contributed by atoms with Gasteiger partial charge in [-0.1, -0.05) is 23.2 Å². The van der Waals surface area contributed by atoms with Crippen LogP contribution in [0.4, 0.5) is 11.4 Å². The van der Waals surface area contributed by atoms with Gasteiger partial charge in [0.25, 0.3) is 0 Å². The van der Waals surface area contributed by atoms with Crippen molar-refractivity contribution in [2.45, 2.75) is 13.3 Å². The van der Waals surface area contributed by atoms with Crippen LogP contribution < -0.4 is 11.1 Å². The average Bonchev–Trinajstić information content (AvgIpc) is 2.39. The van der Waals surface area contributed by atoms with Gasteiger partial charge in [0.15, 0.2) is 0 Å². The summed E-state index contributed by atoms with van der Waals surface area (Å²) in [5.41, 5.74) is 6.40. The summed E-state index contributed by atoms with van der Waals surface area (Å²) in [6.07, 6.45) is 0.239. The zero-order chi connectivity index (χ0) is 15.8. The Balaban J connectivity index is 2.39. The second-order valence-corrected chi connectivity index (χ2v) is 5.96. The highest BCUT2D eigenvalue weighted by molar-refractivity contribution is 7.99. The van der Waals surface area contributed by atoms with Gasteiger partial charge in [-0.05, 0) is 19.1 Å². The van der Waals surface area contributed by atoms with Gasteiger partial charge < -0.3 is 15.8 Å². The van der Waals surface area contributed by atoms with Crippen LogP contribution in [0, 0.1) is 0 Å². The largest absolute Gasteiger partial charge is 0.465 e. The fourth-order valence-corrected chi connectivity index (χ4v) is 2.73. The van der Waals surface area contributed by atoms with E-state index >= 15 is 0 Å². The van der Waals surface area contributed by atoms with Crippen LogP contribution in [0.1, 0.15) is 13.3 Å². The Morgan fingerprint density at radius 2 is 2.10 bits per heavy atom. The number of carbonyl (C=O) groups excluding carboxylic acids is 2. The van der Waals surface area contributed by atoms with Gasteiger partial charge in [0.05, 0.1) is 28.8 Å². The van der Waals surface area contributed by atoms with E-state index in [-0.39, 0.29) is 29.1 Å². The van der Waals surface area contributed by atoms with Crippen molar-refractivity contribution in [3.8, 4) is 0 Å². The second-order valence-electron chi connectivity index (χ2n) is 4.01. The fourth-order valence-electron chi connectivity index (χ4n) is 1.45. The number of thioether (sulfide) groups is 1. The molecule has 21 heavy (non-hydrogen) atoms. The van der Waals surface area contributed by atoms with Crippen LogP contribution in [0.3, 0.4) is 0 Å². The van der Waals surface area contributed by atoms with E-state index in [0.717, 1.165) is 0 Å². The maximum Gasteiger partial charge on any atom is 0.315 e. The van der Waals surface area contributed by atoms with Crippen LogP contribution in [0.25, 0.3) is 0 Å². The Hall–Kier alpha value is -1.11. The third kappa shape index (κ3) is 6.46. The zero-order valence-electron chi connectivity index (χ0n) is 11.4. The van der Waals surface area contributed by atoms with Crippen molar-refractivity contribution in [2.75, 3.05) is 29.2 Å². The molecule has 0 radical (unpaired) electrons. The lowest BCUT2D eigenvalue weighted by atomic mass is 10.2. The number of hydrogen-bond donors (Lipinski definition) is 2. The van der Waals surface area contributed by atoms with E-state index in [9.17, 15) is 9.59 Å². The van der Waals surface area contributed by atoms with E-state index in [1.54, 1.807) is 6.92 Å². The third-order valence-electron chi connectivity index (χ3n) is 2.35. The molecule has 0 saturated heterocycles. The lowest BCUT2D eigenvalue weighted by molar-refractivity contribution is -0.139. The maximum atomic E-state index is 11.8. The number of rotatable bonds is 7. The molecule has 1 aromatic carbocycles. The molecule has 0 atom stereocenters. The van der Waals surface area contributed by atoms with Crippen molar-refractivity contribution in [2.24, 2.45) is 0 Å². The second kappa shape index (κ2) is 9.02. The molecule has 0 aromatic heterocycles. The van der Waals surface area contributed by atoms with Gasteiger partial charge in [-0.2, -0.15) is 0 Å². The first-order chi connectivity index (χ1) is 9.93. The molecule has 0 bridgehead atoms. The molecule has 0 aliphatic carbocycles. The first-order valence-electron chi connectivity index (χ1n) is 6.21. The minimum absolute atomic E-state index is 0.227. The molecule has 1 rings (SSSR count). The molecule has 0 unspecified atom stereocenters. The summed E-state index contributed by atoms with van der Waals surface area (Å²) in [5, 5.41) is 3.32. The van der Waals surface area contributed by atoms with Crippen molar-refractivity contribution >= 4 is 58.2 Å². The highest BCUT2D eigenvalue weighted by Crippen LogP contribution is 2.32. The predicted molar refractivity (Wildman–Crippen MR) is 88.1 cm³/mol. The summed E-state index contributed by atoms with van der Waals surface area (Å²) in [5.74, 6) is 0.205. The van der Waals surface area contributed by atoms with E-state index in [0.29, 0.717) is 28.8 Å². The van der Waals surface area contributed by atoms with Crippen LogP contribution in [-0.2, 0) is 14.3 Å². The number of benzene rings is 1. The maximum absolute atomic E-state index is 11.8. The molecule has 0 aliphatic heterocycles. The van der Waals surface area contributed by atoms with Crippen molar-refractivity contribution in [1.29, 1.82) is 0 Å². The summed E-state index contributed by atoms with van der Waals surface area (Å²) in [4.78, 5) is 22.9. The standard InChI is InChI=1S/C13H16Cl2N2O3S/c1-2-20-12(19)7-21-4-3-11(18)17-13-9(15)5-8(14)6-10(13)16/h5-6H,2-4,7,16H2,1H3,(H,17,18). The molecule has 0 saturated carbocycles. The molecule has 116 valence electrons. The fraction of sp³-hybridized carbons (Fsp3) is 0.385. The zero-order valence-corrected chi connectivity index (χ0v) is 13.8. The van der Waals surface area contributed by atoms with Crippen LogP contribution >= 0.6 is 35.0 Å². The number of esters is 1. The van der Waals surface area contributed by atoms with E-state index in [1.807, 2.05) is 0 Å². The van der Waals surface area contributed by atoms with Crippen molar-refractivity contribution in [3.05, 3.63) is 22.2 Å². The number of nitrogen functional groups attached to an aromatic ring is 1. The van der Waals surface area contributed by atoms with Gasteiger partial charge in [0.1, 0.15) is 0 Å². The molecule has 0 spiro atoms. The number of halogens is 2. The number of anilines is 2.